The van der Waals surface area contributed by atoms with Crippen molar-refractivity contribution in [3.8, 4) is 0 Å². The highest BCUT2D eigenvalue weighted by atomic mass is 15.1. The van der Waals surface area contributed by atoms with Gasteiger partial charge in [-0.3, -0.25) is 4.98 Å². The van der Waals surface area contributed by atoms with Gasteiger partial charge < -0.3 is 10.2 Å². The Bertz CT molecular complexity index is 410. The van der Waals surface area contributed by atoms with Gasteiger partial charge in [-0.1, -0.05) is 12.2 Å². The first-order valence-corrected chi connectivity index (χ1v) is 6.76. The zero-order valence-corrected chi connectivity index (χ0v) is 11.4. The summed E-state index contributed by atoms with van der Waals surface area (Å²) < 4.78 is 0. The Morgan fingerprint density at radius 1 is 1.56 bits per heavy atom. The highest BCUT2D eigenvalue weighted by molar-refractivity contribution is 5.53. The van der Waals surface area contributed by atoms with Gasteiger partial charge in [0.2, 0.25) is 0 Å². The van der Waals surface area contributed by atoms with E-state index < -0.39 is 0 Å². The smallest absolute Gasteiger partial charge is 0.0445 e. The second kappa shape index (κ2) is 6.01. The highest BCUT2D eigenvalue weighted by Gasteiger charge is 2.21. The van der Waals surface area contributed by atoms with E-state index in [1.807, 2.05) is 12.4 Å². The minimum absolute atomic E-state index is 0.731. The number of pyridine rings is 1. The molecule has 0 spiro atoms. The van der Waals surface area contributed by atoms with Crippen LogP contribution in [0.25, 0.3) is 0 Å². The Morgan fingerprint density at radius 2 is 2.33 bits per heavy atom. The lowest BCUT2D eigenvalue weighted by molar-refractivity contribution is 0.682. The SMILES string of the molecule is C=C(C)CN(CC)c1ccncc1CNC1CC1. The van der Waals surface area contributed by atoms with Crippen molar-refractivity contribution in [1.29, 1.82) is 0 Å². The lowest BCUT2D eigenvalue weighted by Crippen LogP contribution is -2.27. The average Bonchev–Trinajstić information content (AvgIpc) is 3.18. The molecular weight excluding hydrogens is 222 g/mol. The maximum atomic E-state index is 4.25. The average molecular weight is 245 g/mol. The molecule has 1 aromatic rings. The van der Waals surface area contributed by atoms with Crippen molar-refractivity contribution in [1.82, 2.24) is 10.3 Å². The van der Waals surface area contributed by atoms with Crippen molar-refractivity contribution in [3.05, 3.63) is 36.2 Å². The zero-order chi connectivity index (χ0) is 13.0. The summed E-state index contributed by atoms with van der Waals surface area (Å²) in [5, 5.41) is 3.56. The van der Waals surface area contributed by atoms with Gasteiger partial charge in [-0.15, -0.1) is 0 Å². The van der Waals surface area contributed by atoms with E-state index in [1.165, 1.54) is 29.7 Å². The number of nitrogens with zero attached hydrogens (tertiary/aromatic N) is 2. The molecule has 3 nitrogen and oxygen atoms in total. The van der Waals surface area contributed by atoms with Crippen molar-refractivity contribution in [2.75, 3.05) is 18.0 Å². The van der Waals surface area contributed by atoms with E-state index in [4.69, 9.17) is 0 Å². The van der Waals surface area contributed by atoms with Gasteiger partial charge >= 0.3 is 0 Å². The maximum absolute atomic E-state index is 4.25. The van der Waals surface area contributed by atoms with Crippen molar-refractivity contribution >= 4 is 5.69 Å². The Kier molecular flexibility index (Phi) is 4.37. The van der Waals surface area contributed by atoms with Crippen molar-refractivity contribution in [3.63, 3.8) is 0 Å². The van der Waals surface area contributed by atoms with Crippen LogP contribution in [0.4, 0.5) is 5.69 Å². The molecule has 3 heteroatoms. The number of rotatable bonds is 7. The van der Waals surface area contributed by atoms with Gasteiger partial charge in [0.25, 0.3) is 0 Å². The molecule has 0 amide bonds. The predicted molar refractivity (Wildman–Crippen MR) is 76.8 cm³/mol. The number of aromatic nitrogens is 1. The van der Waals surface area contributed by atoms with Gasteiger partial charge in [-0.05, 0) is 32.8 Å². The normalized spacial score (nSPS) is 14.6. The molecular formula is C15H23N3. The Hall–Kier alpha value is -1.35. The largest absolute Gasteiger partial charge is 0.367 e. The van der Waals surface area contributed by atoms with Gasteiger partial charge in [0.05, 0.1) is 0 Å². The van der Waals surface area contributed by atoms with Crippen LogP contribution in [0.1, 0.15) is 32.3 Å². The molecule has 1 aliphatic rings. The number of likely N-dealkylation sites (N-methyl/N-ethyl adjacent to an activating group) is 1. The summed E-state index contributed by atoms with van der Waals surface area (Å²) in [4.78, 5) is 6.61. The van der Waals surface area contributed by atoms with Crippen LogP contribution in [0.15, 0.2) is 30.6 Å². The first-order valence-electron chi connectivity index (χ1n) is 6.76. The minimum atomic E-state index is 0.731. The van der Waals surface area contributed by atoms with E-state index in [-0.39, 0.29) is 0 Å². The summed E-state index contributed by atoms with van der Waals surface area (Å²) in [6.45, 7) is 11.1. The fourth-order valence-electron chi connectivity index (χ4n) is 2.10. The third kappa shape index (κ3) is 3.57. The van der Waals surface area contributed by atoms with Crippen LogP contribution in [0.2, 0.25) is 0 Å². The van der Waals surface area contributed by atoms with Crippen LogP contribution in [0.3, 0.4) is 0 Å². The molecule has 98 valence electrons. The molecule has 0 unspecified atom stereocenters. The van der Waals surface area contributed by atoms with Gasteiger partial charge in [-0.25, -0.2) is 0 Å². The van der Waals surface area contributed by atoms with Gasteiger partial charge in [0.15, 0.2) is 0 Å². The molecule has 1 saturated carbocycles. The second-order valence-electron chi connectivity index (χ2n) is 5.13. The molecule has 0 saturated heterocycles. The van der Waals surface area contributed by atoms with Crippen molar-refractivity contribution in [2.24, 2.45) is 0 Å². The number of hydrogen-bond acceptors (Lipinski definition) is 3. The van der Waals surface area contributed by atoms with Crippen LogP contribution in [-0.2, 0) is 6.54 Å². The summed E-state index contributed by atoms with van der Waals surface area (Å²) in [5.74, 6) is 0. The van der Waals surface area contributed by atoms with E-state index in [0.29, 0.717) is 0 Å². The Labute approximate surface area is 110 Å². The molecule has 2 rings (SSSR count). The van der Waals surface area contributed by atoms with Gasteiger partial charge in [0, 0.05) is 49.3 Å². The predicted octanol–water partition coefficient (Wildman–Crippen LogP) is 2.74. The Morgan fingerprint density at radius 3 is 2.94 bits per heavy atom. The monoisotopic (exact) mass is 245 g/mol. The van der Waals surface area contributed by atoms with E-state index in [1.54, 1.807) is 0 Å². The van der Waals surface area contributed by atoms with Crippen molar-refractivity contribution in [2.45, 2.75) is 39.3 Å². The quantitative estimate of drug-likeness (QED) is 0.749. The molecule has 18 heavy (non-hydrogen) atoms. The van der Waals surface area contributed by atoms with E-state index in [0.717, 1.165) is 25.7 Å². The molecule has 1 aromatic heterocycles. The maximum Gasteiger partial charge on any atom is 0.0445 e. The zero-order valence-electron chi connectivity index (χ0n) is 11.4. The Balaban J connectivity index is 2.10. The molecule has 0 aliphatic heterocycles. The van der Waals surface area contributed by atoms with Gasteiger partial charge in [0.1, 0.15) is 0 Å². The summed E-state index contributed by atoms with van der Waals surface area (Å²) in [5.41, 5.74) is 3.76. The van der Waals surface area contributed by atoms with Crippen molar-refractivity contribution < 1.29 is 0 Å². The summed E-state index contributed by atoms with van der Waals surface area (Å²) >= 11 is 0. The van der Waals surface area contributed by atoms with Crippen LogP contribution < -0.4 is 10.2 Å². The number of hydrogen-bond donors (Lipinski definition) is 1. The molecule has 0 bridgehead atoms. The lowest BCUT2D eigenvalue weighted by Gasteiger charge is -2.25. The highest BCUT2D eigenvalue weighted by Crippen LogP contribution is 2.23. The van der Waals surface area contributed by atoms with Crippen LogP contribution in [0.5, 0.6) is 0 Å². The summed E-state index contributed by atoms with van der Waals surface area (Å²) in [7, 11) is 0. The summed E-state index contributed by atoms with van der Waals surface area (Å²) in [6, 6.07) is 2.84. The fraction of sp³-hybridized carbons (Fsp3) is 0.533. The van der Waals surface area contributed by atoms with E-state index >= 15 is 0 Å². The standard InChI is InChI=1S/C15H23N3/c1-4-18(11-12(2)3)15-7-8-16-9-13(15)10-17-14-5-6-14/h7-9,14,17H,2,4-6,10-11H2,1,3H3. The fourth-order valence-corrected chi connectivity index (χ4v) is 2.10. The third-order valence-electron chi connectivity index (χ3n) is 3.22. The van der Waals surface area contributed by atoms with Gasteiger partial charge in [-0.2, -0.15) is 0 Å². The van der Waals surface area contributed by atoms with Crippen LogP contribution in [0, 0.1) is 0 Å². The second-order valence-corrected chi connectivity index (χ2v) is 5.13. The summed E-state index contributed by atoms with van der Waals surface area (Å²) in [6.07, 6.45) is 6.49. The lowest BCUT2D eigenvalue weighted by atomic mass is 10.2. The first-order chi connectivity index (χ1) is 8.70. The molecule has 1 aliphatic carbocycles. The van der Waals surface area contributed by atoms with E-state index in [2.05, 4.69) is 41.7 Å². The van der Waals surface area contributed by atoms with Crippen LogP contribution >= 0.6 is 0 Å². The molecule has 1 N–H and O–H groups in total. The molecule has 0 radical (unpaired) electrons. The van der Waals surface area contributed by atoms with Crippen LogP contribution in [-0.4, -0.2) is 24.1 Å². The first kappa shape index (κ1) is 13.1. The topological polar surface area (TPSA) is 28.2 Å². The third-order valence-corrected chi connectivity index (χ3v) is 3.22. The number of nitrogens with one attached hydrogen (secondary N) is 1. The minimum Gasteiger partial charge on any atom is -0.367 e. The molecule has 0 aromatic carbocycles. The number of anilines is 1. The van der Waals surface area contributed by atoms with E-state index in [9.17, 15) is 0 Å². The molecule has 1 fully saturated rings. The molecule has 1 heterocycles. The molecule has 0 atom stereocenters.